The summed E-state index contributed by atoms with van der Waals surface area (Å²) in [7, 11) is 0. The van der Waals surface area contributed by atoms with Gasteiger partial charge in [0.25, 0.3) is 0 Å². The Labute approximate surface area is 357 Å². The quantitative estimate of drug-likeness (QED) is 0.157. The Balaban J connectivity index is 0.941. The van der Waals surface area contributed by atoms with Gasteiger partial charge in [-0.3, -0.25) is 4.98 Å². The zero-order valence-electron chi connectivity index (χ0n) is 33.4. The fourth-order valence-electron chi connectivity index (χ4n) is 8.87. The highest BCUT2D eigenvalue weighted by atomic mass is 15.0. The van der Waals surface area contributed by atoms with Crippen LogP contribution in [0.4, 0.5) is 0 Å². The zero-order valence-corrected chi connectivity index (χ0v) is 33.4. The Morgan fingerprint density at radius 2 is 0.597 bits per heavy atom. The molecule has 62 heavy (non-hydrogen) atoms. The molecule has 0 spiro atoms. The number of fused-ring (bicyclic) bond motifs is 8. The van der Waals surface area contributed by atoms with Gasteiger partial charge in [-0.05, 0) is 54.6 Å². The molecule has 5 nitrogen and oxygen atoms in total. The van der Waals surface area contributed by atoms with Gasteiger partial charge < -0.3 is 0 Å². The van der Waals surface area contributed by atoms with Crippen LogP contribution < -0.4 is 0 Å². The lowest BCUT2D eigenvalue weighted by Gasteiger charge is -2.12. The molecule has 12 rings (SSSR count). The lowest BCUT2D eigenvalue weighted by Crippen LogP contribution is -2.00. The van der Waals surface area contributed by atoms with Gasteiger partial charge in [-0.15, -0.1) is 0 Å². The van der Waals surface area contributed by atoms with Gasteiger partial charge in [-0.25, -0.2) is 19.9 Å². The van der Waals surface area contributed by atoms with E-state index in [9.17, 15) is 0 Å². The Bertz CT molecular complexity index is 3490. The van der Waals surface area contributed by atoms with Crippen LogP contribution in [0.5, 0.6) is 0 Å². The van der Waals surface area contributed by atoms with Gasteiger partial charge in [0.05, 0.1) is 22.9 Å². The minimum absolute atomic E-state index is 0.592. The number of nitrogens with zero attached hydrogens (tertiary/aromatic N) is 5. The van der Waals surface area contributed by atoms with E-state index in [1.54, 1.807) is 0 Å². The summed E-state index contributed by atoms with van der Waals surface area (Å²) in [6, 6.07) is 72.1. The van der Waals surface area contributed by atoms with Crippen LogP contribution in [0.15, 0.2) is 212 Å². The van der Waals surface area contributed by atoms with Crippen molar-refractivity contribution in [1.82, 2.24) is 24.9 Å². The average Bonchev–Trinajstić information content (AvgIpc) is 3.36. The first kappa shape index (κ1) is 35.5. The van der Waals surface area contributed by atoms with Gasteiger partial charge in [-0.2, -0.15) is 0 Å². The summed E-state index contributed by atoms with van der Waals surface area (Å²) < 4.78 is 0. The van der Waals surface area contributed by atoms with E-state index < -0.39 is 0 Å². The molecule has 0 fully saturated rings. The molecule has 0 radical (unpaired) electrons. The van der Waals surface area contributed by atoms with Crippen molar-refractivity contribution in [3.05, 3.63) is 212 Å². The molecule has 2 aromatic heterocycles. The van der Waals surface area contributed by atoms with Crippen LogP contribution in [0.2, 0.25) is 0 Å². The van der Waals surface area contributed by atoms with Gasteiger partial charge in [0.1, 0.15) is 0 Å². The summed E-state index contributed by atoms with van der Waals surface area (Å²) in [5.74, 6) is 1.81. The molecule has 0 aliphatic rings. The molecule has 10 aromatic carbocycles. The number of hydrogen-bond acceptors (Lipinski definition) is 5. The van der Waals surface area contributed by atoms with Gasteiger partial charge in [0.2, 0.25) is 0 Å². The molecule has 5 heteroatoms. The standard InChI is InChI=1S/C57H35N5/c1-3-15-44-36(11-1)13-9-21-46(44)38-23-29-41(30-24-38)55-60-56(42-31-25-39(26-32-42)47-22-10-14-37-12-2-4-16-45(37)47)62-57(61-55)43-33-27-40(28-34-43)52-35-58-53-50-19-7-5-17-48(50)49-18-6-8-20-51(49)54(53)59-52/h1-35H. The minimum Gasteiger partial charge on any atom is -0.252 e. The predicted molar refractivity (Wildman–Crippen MR) is 256 cm³/mol. The molecule has 0 aliphatic heterocycles. The molecular formula is C57H35N5. The van der Waals surface area contributed by atoms with Crippen molar-refractivity contribution in [3.8, 4) is 67.7 Å². The van der Waals surface area contributed by atoms with Crippen LogP contribution in [0.3, 0.4) is 0 Å². The van der Waals surface area contributed by atoms with Gasteiger partial charge in [0.15, 0.2) is 17.5 Å². The molecule has 0 aliphatic carbocycles. The first-order valence-corrected chi connectivity index (χ1v) is 20.8. The van der Waals surface area contributed by atoms with E-state index in [0.29, 0.717) is 17.5 Å². The first-order valence-electron chi connectivity index (χ1n) is 20.8. The summed E-state index contributed by atoms with van der Waals surface area (Å²) in [5.41, 5.74) is 10.9. The molecule has 0 bridgehead atoms. The Hall–Kier alpha value is -8.41. The summed E-state index contributed by atoms with van der Waals surface area (Å²) in [6.45, 7) is 0. The van der Waals surface area contributed by atoms with Crippen LogP contribution in [0.25, 0.3) is 122 Å². The molecule has 12 aromatic rings. The van der Waals surface area contributed by atoms with Crippen molar-refractivity contribution in [2.45, 2.75) is 0 Å². The Morgan fingerprint density at radius 3 is 1.06 bits per heavy atom. The topological polar surface area (TPSA) is 64.5 Å². The smallest absolute Gasteiger partial charge is 0.164 e. The summed E-state index contributed by atoms with van der Waals surface area (Å²) in [6.07, 6.45) is 1.88. The molecule has 0 atom stereocenters. The largest absolute Gasteiger partial charge is 0.252 e. The highest BCUT2D eigenvalue weighted by molar-refractivity contribution is 6.23. The second-order valence-electron chi connectivity index (χ2n) is 15.6. The van der Waals surface area contributed by atoms with E-state index >= 15 is 0 Å². The summed E-state index contributed by atoms with van der Waals surface area (Å²) >= 11 is 0. The Morgan fingerprint density at radius 1 is 0.242 bits per heavy atom. The van der Waals surface area contributed by atoms with Crippen molar-refractivity contribution in [1.29, 1.82) is 0 Å². The van der Waals surface area contributed by atoms with Gasteiger partial charge in [0, 0.05) is 33.0 Å². The SMILES string of the molecule is c1ccc2c(-c3ccc(-c4nc(-c5ccc(-c6cnc7c8ccccc8c8ccccc8c7n6)cc5)nc(-c5ccc(-c6cccc7ccccc67)cc5)n4)cc3)cccc2c1. The maximum absolute atomic E-state index is 5.22. The molecule has 2 heterocycles. The highest BCUT2D eigenvalue weighted by Gasteiger charge is 2.16. The summed E-state index contributed by atoms with van der Waals surface area (Å²) in [4.78, 5) is 25.5. The van der Waals surface area contributed by atoms with Crippen molar-refractivity contribution < 1.29 is 0 Å². The van der Waals surface area contributed by atoms with Crippen molar-refractivity contribution in [2.75, 3.05) is 0 Å². The number of hydrogen-bond donors (Lipinski definition) is 0. The second-order valence-corrected chi connectivity index (χ2v) is 15.6. The second kappa shape index (κ2) is 14.7. The predicted octanol–water partition coefficient (Wildman–Crippen LogP) is 14.4. The van der Waals surface area contributed by atoms with E-state index in [2.05, 4.69) is 206 Å². The fourth-order valence-corrected chi connectivity index (χ4v) is 8.87. The monoisotopic (exact) mass is 789 g/mol. The molecule has 0 saturated heterocycles. The third-order valence-corrected chi connectivity index (χ3v) is 12.0. The minimum atomic E-state index is 0.592. The van der Waals surface area contributed by atoms with Crippen molar-refractivity contribution in [2.24, 2.45) is 0 Å². The fraction of sp³-hybridized carbons (Fsp3) is 0. The maximum atomic E-state index is 5.22. The van der Waals surface area contributed by atoms with Crippen molar-refractivity contribution >= 4 is 54.1 Å². The highest BCUT2D eigenvalue weighted by Crippen LogP contribution is 2.36. The van der Waals surface area contributed by atoms with E-state index in [1.165, 1.54) is 43.4 Å². The van der Waals surface area contributed by atoms with E-state index in [0.717, 1.165) is 60.9 Å². The van der Waals surface area contributed by atoms with Gasteiger partial charge >= 0.3 is 0 Å². The van der Waals surface area contributed by atoms with Crippen LogP contribution in [-0.4, -0.2) is 24.9 Å². The molecule has 0 amide bonds. The van der Waals surface area contributed by atoms with Crippen LogP contribution in [0, 0.1) is 0 Å². The molecular weight excluding hydrogens is 755 g/mol. The third kappa shape index (κ3) is 6.14. The van der Waals surface area contributed by atoms with Crippen LogP contribution in [-0.2, 0) is 0 Å². The normalized spacial score (nSPS) is 11.5. The first-order chi connectivity index (χ1) is 30.7. The van der Waals surface area contributed by atoms with Gasteiger partial charge in [-0.1, -0.05) is 206 Å². The maximum Gasteiger partial charge on any atom is 0.164 e. The Kier molecular flexibility index (Phi) is 8.42. The zero-order chi connectivity index (χ0) is 41.0. The number of aromatic nitrogens is 5. The third-order valence-electron chi connectivity index (χ3n) is 12.0. The lowest BCUT2D eigenvalue weighted by atomic mass is 9.97. The van der Waals surface area contributed by atoms with E-state index in [4.69, 9.17) is 24.9 Å². The molecule has 0 N–H and O–H groups in total. The lowest BCUT2D eigenvalue weighted by molar-refractivity contribution is 1.07. The number of benzene rings is 10. The average molecular weight is 790 g/mol. The van der Waals surface area contributed by atoms with Crippen LogP contribution in [0.1, 0.15) is 0 Å². The molecule has 0 saturated carbocycles. The molecule has 288 valence electrons. The van der Waals surface area contributed by atoms with Crippen molar-refractivity contribution in [3.63, 3.8) is 0 Å². The summed E-state index contributed by atoms with van der Waals surface area (Å²) in [5, 5.41) is 9.42. The van der Waals surface area contributed by atoms with Crippen LogP contribution >= 0.6 is 0 Å². The van der Waals surface area contributed by atoms with E-state index in [-0.39, 0.29) is 0 Å². The number of rotatable bonds is 6. The molecule has 0 unspecified atom stereocenters. The van der Waals surface area contributed by atoms with E-state index in [1.807, 2.05) is 6.20 Å².